The maximum atomic E-state index is 11.3. The van der Waals surface area contributed by atoms with Crippen LogP contribution in [0.3, 0.4) is 0 Å². The van der Waals surface area contributed by atoms with Gasteiger partial charge >= 0.3 is 0 Å². The molecule has 0 heterocycles. The Morgan fingerprint density at radius 3 is 2.43 bits per heavy atom. The summed E-state index contributed by atoms with van der Waals surface area (Å²) < 4.78 is 4.72. The minimum absolute atomic E-state index is 0.0394. The molecule has 0 atom stereocenters. The quantitative estimate of drug-likeness (QED) is 0.799. The van der Waals surface area contributed by atoms with Crippen molar-refractivity contribution in [2.24, 2.45) is 0 Å². The summed E-state index contributed by atoms with van der Waals surface area (Å²) in [6, 6.07) is 5.17. The van der Waals surface area contributed by atoms with Crippen molar-refractivity contribution < 1.29 is 9.53 Å². The molecule has 1 aromatic carbocycles. The maximum absolute atomic E-state index is 11.3. The first kappa shape index (κ1) is 11.5. The van der Waals surface area contributed by atoms with Gasteiger partial charge in [-0.15, -0.1) is 0 Å². The van der Waals surface area contributed by atoms with E-state index in [0.29, 0.717) is 15.6 Å². The molecule has 0 amide bonds. The zero-order valence-electron chi connectivity index (χ0n) is 7.72. The molecule has 0 unspecified atom stereocenters. The third kappa shape index (κ3) is 2.98. The van der Waals surface area contributed by atoms with Crippen molar-refractivity contribution in [1.29, 1.82) is 0 Å². The highest BCUT2D eigenvalue weighted by molar-refractivity contribution is 6.36. The van der Waals surface area contributed by atoms with Gasteiger partial charge in [-0.05, 0) is 17.7 Å². The Bertz CT molecular complexity index is 317. The van der Waals surface area contributed by atoms with Crippen LogP contribution < -0.4 is 0 Å². The van der Waals surface area contributed by atoms with Crippen LogP contribution >= 0.6 is 23.2 Å². The number of hydrogen-bond acceptors (Lipinski definition) is 2. The highest BCUT2D eigenvalue weighted by Crippen LogP contribution is 2.24. The molecule has 0 radical (unpaired) electrons. The molecule has 0 fully saturated rings. The molecule has 2 nitrogen and oxygen atoms in total. The van der Waals surface area contributed by atoms with Gasteiger partial charge in [0.2, 0.25) is 0 Å². The second kappa shape index (κ2) is 5.35. The number of ether oxygens (including phenoxy) is 1. The number of methoxy groups -OCH3 is 1. The monoisotopic (exact) mass is 232 g/mol. The zero-order chi connectivity index (χ0) is 10.6. The van der Waals surface area contributed by atoms with Gasteiger partial charge in [-0.3, -0.25) is 4.79 Å². The van der Waals surface area contributed by atoms with Crippen molar-refractivity contribution in [3.63, 3.8) is 0 Å². The number of benzene rings is 1. The smallest absolute Gasteiger partial charge is 0.162 e. The van der Waals surface area contributed by atoms with Crippen LogP contribution in [0.15, 0.2) is 18.2 Å². The number of carbonyl (C=O) groups excluding carboxylic acids is 1. The molecule has 14 heavy (non-hydrogen) atoms. The molecule has 0 aliphatic rings. The van der Waals surface area contributed by atoms with Crippen LogP contribution in [-0.2, 0) is 16.0 Å². The van der Waals surface area contributed by atoms with Gasteiger partial charge in [0.25, 0.3) is 0 Å². The summed E-state index contributed by atoms with van der Waals surface area (Å²) in [7, 11) is 1.48. The van der Waals surface area contributed by atoms with Crippen molar-refractivity contribution in [3.05, 3.63) is 33.8 Å². The fourth-order valence-electron chi connectivity index (χ4n) is 1.11. The molecule has 0 N–H and O–H groups in total. The van der Waals surface area contributed by atoms with E-state index in [1.54, 1.807) is 18.2 Å². The van der Waals surface area contributed by atoms with Crippen LogP contribution in [0.1, 0.15) is 5.56 Å². The van der Waals surface area contributed by atoms with Crippen molar-refractivity contribution in [1.82, 2.24) is 0 Å². The minimum Gasteiger partial charge on any atom is -0.377 e. The second-order valence-electron chi connectivity index (χ2n) is 2.85. The molecule has 0 saturated heterocycles. The van der Waals surface area contributed by atoms with E-state index >= 15 is 0 Å². The number of ketones is 1. The molecule has 0 aromatic heterocycles. The van der Waals surface area contributed by atoms with Gasteiger partial charge < -0.3 is 4.74 Å². The van der Waals surface area contributed by atoms with Crippen LogP contribution in [-0.4, -0.2) is 19.5 Å². The minimum atomic E-state index is -0.0394. The summed E-state index contributed by atoms with van der Waals surface area (Å²) >= 11 is 11.8. The molecule has 76 valence electrons. The standard InChI is InChI=1S/C10H10Cl2O2/c1-14-6-7(13)5-8-9(11)3-2-4-10(8)12/h2-4H,5-6H2,1H3. The first-order chi connectivity index (χ1) is 6.65. The Hall–Kier alpha value is -0.570. The SMILES string of the molecule is COCC(=O)Cc1c(Cl)cccc1Cl. The van der Waals surface area contributed by atoms with E-state index in [0.717, 1.165) is 0 Å². The molecule has 1 rings (SSSR count). The predicted octanol–water partition coefficient (Wildman–Crippen LogP) is 2.75. The van der Waals surface area contributed by atoms with Gasteiger partial charge in [-0.25, -0.2) is 0 Å². The lowest BCUT2D eigenvalue weighted by atomic mass is 10.1. The summed E-state index contributed by atoms with van der Waals surface area (Å²) in [5.41, 5.74) is 0.665. The highest BCUT2D eigenvalue weighted by Gasteiger charge is 2.10. The Kier molecular flexibility index (Phi) is 4.39. The normalized spacial score (nSPS) is 10.2. The van der Waals surface area contributed by atoms with Crippen LogP contribution in [0, 0.1) is 0 Å². The molecule has 0 bridgehead atoms. The Balaban J connectivity index is 2.80. The van der Waals surface area contributed by atoms with Gasteiger partial charge in [-0.2, -0.15) is 0 Å². The predicted molar refractivity (Wildman–Crippen MR) is 57.0 cm³/mol. The van der Waals surface area contributed by atoms with Crippen molar-refractivity contribution >= 4 is 29.0 Å². The molecule has 0 saturated carbocycles. The number of halogens is 2. The molecule has 4 heteroatoms. The molecular formula is C10H10Cl2O2. The maximum Gasteiger partial charge on any atom is 0.162 e. The highest BCUT2D eigenvalue weighted by atomic mass is 35.5. The fourth-order valence-corrected chi connectivity index (χ4v) is 1.64. The third-order valence-electron chi connectivity index (χ3n) is 1.74. The van der Waals surface area contributed by atoms with Gasteiger partial charge in [0, 0.05) is 23.6 Å². The van der Waals surface area contributed by atoms with E-state index in [-0.39, 0.29) is 18.8 Å². The van der Waals surface area contributed by atoms with Crippen LogP contribution in [0.25, 0.3) is 0 Å². The van der Waals surface area contributed by atoms with Crippen LogP contribution in [0.4, 0.5) is 0 Å². The summed E-state index contributed by atoms with van der Waals surface area (Å²) in [6.45, 7) is 0.0849. The van der Waals surface area contributed by atoms with Gasteiger partial charge in [0.05, 0.1) is 0 Å². The zero-order valence-corrected chi connectivity index (χ0v) is 9.23. The third-order valence-corrected chi connectivity index (χ3v) is 2.45. The largest absolute Gasteiger partial charge is 0.377 e. The average Bonchev–Trinajstić information content (AvgIpc) is 2.12. The topological polar surface area (TPSA) is 26.3 Å². The summed E-state index contributed by atoms with van der Waals surface area (Å²) in [4.78, 5) is 11.3. The van der Waals surface area contributed by atoms with E-state index in [9.17, 15) is 4.79 Å². The van der Waals surface area contributed by atoms with Crippen molar-refractivity contribution in [2.45, 2.75) is 6.42 Å². The number of hydrogen-bond donors (Lipinski definition) is 0. The molecular weight excluding hydrogens is 223 g/mol. The van der Waals surface area contributed by atoms with E-state index in [4.69, 9.17) is 27.9 Å². The number of rotatable bonds is 4. The van der Waals surface area contributed by atoms with Crippen LogP contribution in [0.2, 0.25) is 10.0 Å². The number of Topliss-reactive ketones (excluding diaryl/α,β-unsaturated/α-hetero) is 1. The number of carbonyl (C=O) groups is 1. The van der Waals surface area contributed by atoms with Crippen LogP contribution in [0.5, 0.6) is 0 Å². The Labute approximate surface area is 92.8 Å². The molecule has 0 spiro atoms. The summed E-state index contributed by atoms with van der Waals surface area (Å²) in [5, 5.41) is 1.03. The van der Waals surface area contributed by atoms with Gasteiger partial charge in [-0.1, -0.05) is 29.3 Å². The van der Waals surface area contributed by atoms with Gasteiger partial charge in [0.1, 0.15) is 6.61 Å². The summed E-state index contributed by atoms with van der Waals surface area (Å²) in [5.74, 6) is -0.0394. The molecule has 0 aliphatic heterocycles. The lowest BCUT2D eigenvalue weighted by Crippen LogP contribution is -2.10. The second-order valence-corrected chi connectivity index (χ2v) is 3.66. The van der Waals surface area contributed by atoms with Gasteiger partial charge in [0.15, 0.2) is 5.78 Å². The first-order valence-corrected chi connectivity index (χ1v) is 4.84. The lowest BCUT2D eigenvalue weighted by Gasteiger charge is -2.05. The van der Waals surface area contributed by atoms with Crippen molar-refractivity contribution in [3.8, 4) is 0 Å². The van der Waals surface area contributed by atoms with E-state index in [1.807, 2.05) is 0 Å². The van der Waals surface area contributed by atoms with E-state index in [1.165, 1.54) is 7.11 Å². The van der Waals surface area contributed by atoms with Crippen molar-refractivity contribution in [2.75, 3.05) is 13.7 Å². The Morgan fingerprint density at radius 1 is 1.36 bits per heavy atom. The Morgan fingerprint density at radius 2 is 1.93 bits per heavy atom. The van der Waals surface area contributed by atoms with E-state index < -0.39 is 0 Å². The average molecular weight is 233 g/mol. The first-order valence-electron chi connectivity index (χ1n) is 4.08. The molecule has 0 aliphatic carbocycles. The fraction of sp³-hybridized carbons (Fsp3) is 0.300. The summed E-state index contributed by atoms with van der Waals surface area (Å²) in [6.07, 6.45) is 0.215. The lowest BCUT2D eigenvalue weighted by molar-refractivity contribution is -0.121. The van der Waals surface area contributed by atoms with E-state index in [2.05, 4.69) is 0 Å². The molecule has 1 aromatic rings.